The molecular weight excluding hydrogens is 496 g/mol. The van der Waals surface area contributed by atoms with Gasteiger partial charge >= 0.3 is 6.09 Å². The minimum atomic E-state index is -1.04. The number of benzene rings is 2. The lowest BCUT2D eigenvalue weighted by Gasteiger charge is -2.27. The Bertz CT molecular complexity index is 1580. The fraction of sp³-hybridized carbons (Fsp3) is 0.333. The van der Waals surface area contributed by atoms with E-state index in [9.17, 15) is 23.5 Å². The number of aromatic nitrogens is 3. The van der Waals surface area contributed by atoms with Crippen molar-refractivity contribution in [1.82, 2.24) is 19.6 Å². The Morgan fingerprint density at radius 2 is 1.92 bits per heavy atom. The highest BCUT2D eigenvalue weighted by Gasteiger charge is 2.39. The number of hydrogen-bond acceptors (Lipinski definition) is 5. The number of fused-ring (bicyclic) bond motifs is 1. The second-order valence-electron chi connectivity index (χ2n) is 9.83. The van der Waals surface area contributed by atoms with E-state index in [2.05, 4.69) is 5.16 Å². The number of aryl methyl sites for hydroxylation is 2. The Morgan fingerprint density at radius 1 is 1.11 bits per heavy atom. The van der Waals surface area contributed by atoms with E-state index in [1.54, 1.807) is 0 Å². The van der Waals surface area contributed by atoms with E-state index in [1.807, 2.05) is 36.6 Å². The highest BCUT2D eigenvalue weighted by Crippen LogP contribution is 2.41. The third kappa shape index (κ3) is 3.80. The number of anilines is 1. The van der Waals surface area contributed by atoms with Gasteiger partial charge in [-0.1, -0.05) is 11.2 Å². The van der Waals surface area contributed by atoms with Crippen LogP contribution in [0.5, 0.6) is 0 Å². The molecule has 9 nitrogen and oxygen atoms in total. The average molecular weight is 522 g/mol. The third-order valence-electron chi connectivity index (χ3n) is 7.53. The molecule has 2 fully saturated rings. The molecule has 4 heterocycles. The minimum Gasteiger partial charge on any atom is -0.465 e. The summed E-state index contributed by atoms with van der Waals surface area (Å²) in [5.41, 5.74) is 4.24. The Labute approximate surface area is 216 Å². The Kier molecular flexibility index (Phi) is 5.66. The predicted molar refractivity (Wildman–Crippen MR) is 134 cm³/mol. The summed E-state index contributed by atoms with van der Waals surface area (Å²) >= 11 is 0. The normalized spacial score (nSPS) is 19.7. The molecule has 2 aliphatic rings. The average Bonchev–Trinajstić information content (AvgIpc) is 3.65. The summed E-state index contributed by atoms with van der Waals surface area (Å²) in [6, 6.07) is 8.52. The number of nitrogens with zero attached hydrogens (tertiary/aromatic N) is 5. The summed E-state index contributed by atoms with van der Waals surface area (Å²) < 4.78 is 35.2. The predicted octanol–water partition coefficient (Wildman–Crippen LogP) is 5.38. The van der Waals surface area contributed by atoms with Gasteiger partial charge in [0.1, 0.15) is 11.6 Å². The second-order valence-corrected chi connectivity index (χ2v) is 9.83. The number of carbonyl (C=O) groups is 2. The van der Waals surface area contributed by atoms with Gasteiger partial charge in [0.2, 0.25) is 5.91 Å². The molecule has 38 heavy (non-hydrogen) atoms. The van der Waals surface area contributed by atoms with Gasteiger partial charge in [-0.15, -0.1) is 0 Å². The lowest BCUT2D eigenvalue weighted by molar-refractivity contribution is -0.117. The fourth-order valence-corrected chi connectivity index (χ4v) is 5.80. The molecule has 196 valence electrons. The fourth-order valence-electron chi connectivity index (χ4n) is 5.80. The van der Waals surface area contributed by atoms with E-state index in [-0.39, 0.29) is 30.6 Å². The van der Waals surface area contributed by atoms with Gasteiger partial charge in [0.25, 0.3) is 0 Å². The standard InChI is InChI=1S/C27H25F2N5O4/c1-14-25(15(2)38-31-14)16-3-6-22-21(11-16)30-26(34(22)18-9-10-32(13-18)27(36)37)23-7-8-24(35)33(23)17-4-5-19(28)20(29)12-17/h3-6,11-12,18,23H,7-10,13H2,1-2H3,(H,36,37)/t18-,23+/m1/s1. The van der Waals surface area contributed by atoms with Crippen molar-refractivity contribution in [3.8, 4) is 11.1 Å². The van der Waals surface area contributed by atoms with Crippen molar-refractivity contribution in [2.24, 2.45) is 0 Å². The number of carboxylic acid groups (broad SMARTS) is 1. The number of rotatable bonds is 4. The molecule has 2 aliphatic heterocycles. The molecule has 2 atom stereocenters. The van der Waals surface area contributed by atoms with Gasteiger partial charge in [-0.25, -0.2) is 18.6 Å². The van der Waals surface area contributed by atoms with Crippen LogP contribution in [0.3, 0.4) is 0 Å². The maximum Gasteiger partial charge on any atom is 0.407 e. The summed E-state index contributed by atoms with van der Waals surface area (Å²) in [5.74, 6) is -0.971. The van der Waals surface area contributed by atoms with Crippen LogP contribution in [0.25, 0.3) is 22.2 Å². The van der Waals surface area contributed by atoms with Gasteiger partial charge in [-0.2, -0.15) is 0 Å². The highest BCUT2D eigenvalue weighted by atomic mass is 19.2. The van der Waals surface area contributed by atoms with Gasteiger partial charge in [0, 0.05) is 36.8 Å². The number of carbonyl (C=O) groups excluding carboxylic acids is 1. The molecule has 6 rings (SSSR count). The zero-order valence-corrected chi connectivity index (χ0v) is 20.8. The van der Waals surface area contributed by atoms with Crippen molar-refractivity contribution in [3.63, 3.8) is 0 Å². The first-order chi connectivity index (χ1) is 18.2. The Hall–Kier alpha value is -4.28. The molecule has 0 aliphatic carbocycles. The first kappa shape index (κ1) is 24.1. The highest BCUT2D eigenvalue weighted by molar-refractivity contribution is 5.96. The van der Waals surface area contributed by atoms with Crippen LogP contribution in [0.15, 0.2) is 40.9 Å². The molecule has 2 amide bonds. The van der Waals surface area contributed by atoms with Gasteiger partial charge in [-0.3, -0.25) is 4.79 Å². The minimum absolute atomic E-state index is 0.196. The van der Waals surface area contributed by atoms with E-state index in [4.69, 9.17) is 9.51 Å². The quantitative estimate of drug-likeness (QED) is 0.387. The summed E-state index contributed by atoms with van der Waals surface area (Å²) in [7, 11) is 0. The summed E-state index contributed by atoms with van der Waals surface area (Å²) in [4.78, 5) is 32.5. The van der Waals surface area contributed by atoms with E-state index in [1.165, 1.54) is 15.9 Å². The van der Waals surface area contributed by atoms with Crippen molar-refractivity contribution in [2.45, 2.75) is 45.2 Å². The van der Waals surface area contributed by atoms with E-state index < -0.39 is 23.8 Å². The van der Waals surface area contributed by atoms with E-state index >= 15 is 0 Å². The van der Waals surface area contributed by atoms with Crippen LogP contribution < -0.4 is 4.90 Å². The van der Waals surface area contributed by atoms with Gasteiger partial charge in [0.05, 0.1) is 28.8 Å². The van der Waals surface area contributed by atoms with Crippen LogP contribution in [0.1, 0.15) is 48.6 Å². The molecule has 1 N–H and O–H groups in total. The van der Waals surface area contributed by atoms with Crippen LogP contribution in [0.4, 0.5) is 19.3 Å². The lowest BCUT2D eigenvalue weighted by atomic mass is 10.0. The molecule has 2 aromatic heterocycles. The van der Waals surface area contributed by atoms with E-state index in [0.29, 0.717) is 36.5 Å². The monoisotopic (exact) mass is 521 g/mol. The molecule has 0 unspecified atom stereocenters. The first-order valence-electron chi connectivity index (χ1n) is 12.4. The number of halogens is 2. The molecule has 2 saturated heterocycles. The number of amides is 2. The van der Waals surface area contributed by atoms with Crippen molar-refractivity contribution < 1.29 is 28.0 Å². The SMILES string of the molecule is Cc1noc(C)c1-c1ccc2c(c1)nc([C@@H]1CCC(=O)N1c1ccc(F)c(F)c1)n2[C@@H]1CCN(C(=O)O)C1. The van der Waals surface area contributed by atoms with Crippen molar-refractivity contribution in [2.75, 3.05) is 18.0 Å². The Balaban J connectivity index is 1.51. The smallest absolute Gasteiger partial charge is 0.407 e. The maximum absolute atomic E-state index is 14.1. The summed E-state index contributed by atoms with van der Waals surface area (Å²) in [5, 5.41) is 13.6. The zero-order valence-electron chi connectivity index (χ0n) is 20.8. The van der Waals surface area contributed by atoms with Crippen molar-refractivity contribution in [1.29, 1.82) is 0 Å². The largest absolute Gasteiger partial charge is 0.465 e. The number of likely N-dealkylation sites (tertiary alicyclic amines) is 1. The zero-order chi connectivity index (χ0) is 26.7. The van der Waals surface area contributed by atoms with Crippen LogP contribution >= 0.6 is 0 Å². The summed E-state index contributed by atoms with van der Waals surface area (Å²) in [6.07, 6.45) is 0.261. The van der Waals surface area contributed by atoms with Gasteiger partial charge in [0.15, 0.2) is 11.6 Å². The van der Waals surface area contributed by atoms with Crippen molar-refractivity contribution >= 4 is 28.7 Å². The third-order valence-corrected chi connectivity index (χ3v) is 7.53. The number of imidazole rings is 1. The molecule has 0 spiro atoms. The molecule has 0 radical (unpaired) electrons. The Morgan fingerprint density at radius 3 is 2.61 bits per heavy atom. The van der Waals surface area contributed by atoms with Crippen LogP contribution in [0, 0.1) is 25.5 Å². The molecule has 0 saturated carbocycles. The molecule has 2 aromatic carbocycles. The summed E-state index contributed by atoms with van der Waals surface area (Å²) in [6.45, 7) is 4.37. The maximum atomic E-state index is 14.1. The second kappa shape index (κ2) is 8.93. The van der Waals surface area contributed by atoms with Gasteiger partial charge < -0.3 is 24.0 Å². The van der Waals surface area contributed by atoms with Crippen LogP contribution in [-0.2, 0) is 4.79 Å². The molecule has 11 heteroatoms. The molecule has 4 aromatic rings. The molecular formula is C27H25F2N5O4. The first-order valence-corrected chi connectivity index (χ1v) is 12.4. The topological polar surface area (TPSA) is 105 Å². The van der Waals surface area contributed by atoms with Crippen LogP contribution in [-0.4, -0.2) is 49.8 Å². The molecule has 0 bridgehead atoms. The van der Waals surface area contributed by atoms with Gasteiger partial charge in [-0.05, 0) is 56.5 Å². The number of hydrogen-bond donors (Lipinski definition) is 1. The lowest BCUT2D eigenvalue weighted by Crippen LogP contribution is -2.31. The van der Waals surface area contributed by atoms with E-state index in [0.717, 1.165) is 34.5 Å². The van der Waals surface area contributed by atoms with Crippen molar-refractivity contribution in [3.05, 3.63) is 65.3 Å². The van der Waals surface area contributed by atoms with Crippen LogP contribution in [0.2, 0.25) is 0 Å².